The van der Waals surface area contributed by atoms with Crippen LogP contribution in [0.15, 0.2) is 18.2 Å². The lowest BCUT2D eigenvalue weighted by Gasteiger charge is -2.19. The van der Waals surface area contributed by atoms with Crippen LogP contribution in [-0.2, 0) is 0 Å². The average Bonchev–Trinajstić information content (AvgIpc) is 2.49. The van der Waals surface area contributed by atoms with E-state index in [9.17, 15) is 17.6 Å². The number of halogens is 4. The Morgan fingerprint density at radius 2 is 1.52 bits per heavy atom. The zero-order valence-corrected chi connectivity index (χ0v) is 10.4. The molecule has 0 atom stereocenters. The van der Waals surface area contributed by atoms with Crippen molar-refractivity contribution in [1.82, 2.24) is 4.98 Å². The average molecular weight is 300 g/mol. The molecule has 4 nitrogen and oxygen atoms in total. The molecule has 2 aromatic rings. The van der Waals surface area contributed by atoms with Gasteiger partial charge in [-0.05, 0) is 12.1 Å². The lowest BCUT2D eigenvalue weighted by molar-refractivity contribution is 0.171. The molecular formula is C13H8F4N2O2. The van der Waals surface area contributed by atoms with Crippen LogP contribution in [0, 0.1) is 23.5 Å². The minimum Gasteiger partial charge on any atom is -0.486 e. The van der Waals surface area contributed by atoms with Gasteiger partial charge >= 0.3 is 0 Å². The van der Waals surface area contributed by atoms with Crippen molar-refractivity contribution in [2.24, 2.45) is 0 Å². The van der Waals surface area contributed by atoms with Gasteiger partial charge in [-0.1, -0.05) is 0 Å². The van der Waals surface area contributed by atoms with Gasteiger partial charge in [0.2, 0.25) is 11.6 Å². The highest BCUT2D eigenvalue weighted by molar-refractivity contribution is 5.64. The molecule has 0 bridgehead atoms. The van der Waals surface area contributed by atoms with E-state index in [4.69, 9.17) is 9.47 Å². The van der Waals surface area contributed by atoms with Crippen LogP contribution in [0.4, 0.5) is 28.9 Å². The van der Waals surface area contributed by atoms with Crippen LogP contribution in [0.5, 0.6) is 11.5 Å². The third-order valence-electron chi connectivity index (χ3n) is 2.81. The molecule has 0 aliphatic carbocycles. The Morgan fingerprint density at radius 3 is 2.19 bits per heavy atom. The summed E-state index contributed by atoms with van der Waals surface area (Å²) in [4.78, 5) is 2.48. The first-order valence-corrected chi connectivity index (χ1v) is 5.93. The van der Waals surface area contributed by atoms with E-state index < -0.39 is 29.2 Å². The maximum Gasteiger partial charge on any atom is 0.253 e. The molecule has 8 heteroatoms. The molecule has 0 unspecified atom stereocenters. The number of fused-ring (bicyclic) bond motifs is 1. The summed E-state index contributed by atoms with van der Waals surface area (Å²) in [7, 11) is 0. The minimum absolute atomic E-state index is 0.182. The lowest BCUT2D eigenvalue weighted by Crippen LogP contribution is -2.15. The smallest absolute Gasteiger partial charge is 0.253 e. The summed E-state index contributed by atoms with van der Waals surface area (Å²) in [5.74, 6) is -5.84. The molecule has 0 spiro atoms. The number of pyridine rings is 1. The summed E-state index contributed by atoms with van der Waals surface area (Å²) >= 11 is 0. The van der Waals surface area contributed by atoms with Gasteiger partial charge < -0.3 is 14.8 Å². The first-order valence-electron chi connectivity index (χ1n) is 5.93. The lowest BCUT2D eigenvalue weighted by atomic mass is 10.2. The van der Waals surface area contributed by atoms with E-state index >= 15 is 0 Å². The number of aromatic nitrogens is 1. The van der Waals surface area contributed by atoms with Crippen LogP contribution in [0.1, 0.15) is 0 Å². The molecule has 3 rings (SSSR count). The molecule has 1 N–H and O–H groups in total. The van der Waals surface area contributed by atoms with Crippen molar-refractivity contribution < 1.29 is 27.0 Å². The van der Waals surface area contributed by atoms with Gasteiger partial charge in [0.15, 0.2) is 11.5 Å². The van der Waals surface area contributed by atoms with Crippen LogP contribution in [0.2, 0.25) is 0 Å². The Bertz CT molecular complexity index is 683. The largest absolute Gasteiger partial charge is 0.486 e. The number of rotatable bonds is 2. The molecule has 1 aliphatic rings. The second-order valence-corrected chi connectivity index (χ2v) is 4.18. The summed E-state index contributed by atoms with van der Waals surface area (Å²) in [5, 5.41) is 2.27. The van der Waals surface area contributed by atoms with E-state index in [1.807, 2.05) is 0 Å². The molecule has 1 aromatic heterocycles. The Morgan fingerprint density at radius 1 is 0.905 bits per heavy atom. The molecule has 1 aliphatic heterocycles. The van der Waals surface area contributed by atoms with Crippen molar-refractivity contribution in [2.75, 3.05) is 18.5 Å². The summed E-state index contributed by atoms with van der Waals surface area (Å²) < 4.78 is 63.6. The van der Waals surface area contributed by atoms with Crippen molar-refractivity contribution in [2.45, 2.75) is 0 Å². The van der Waals surface area contributed by atoms with Gasteiger partial charge in [-0.15, -0.1) is 0 Å². The monoisotopic (exact) mass is 300 g/mol. The third kappa shape index (κ3) is 2.44. The molecule has 2 heterocycles. The number of nitrogens with zero attached hydrogens (tertiary/aromatic N) is 1. The Kier molecular flexibility index (Phi) is 3.28. The van der Waals surface area contributed by atoms with E-state index in [-0.39, 0.29) is 5.69 Å². The first kappa shape index (κ1) is 13.5. The van der Waals surface area contributed by atoms with E-state index in [0.29, 0.717) is 24.7 Å². The topological polar surface area (TPSA) is 43.4 Å². The second kappa shape index (κ2) is 5.12. The van der Waals surface area contributed by atoms with Gasteiger partial charge in [0.25, 0.3) is 11.9 Å². The first-order chi connectivity index (χ1) is 10.1. The zero-order valence-electron chi connectivity index (χ0n) is 10.4. The maximum absolute atomic E-state index is 13.5. The van der Waals surface area contributed by atoms with Gasteiger partial charge in [-0.2, -0.15) is 22.5 Å². The summed E-state index contributed by atoms with van der Waals surface area (Å²) in [5.41, 5.74) is -0.779. The molecule has 0 saturated heterocycles. The van der Waals surface area contributed by atoms with Crippen molar-refractivity contribution in [3.05, 3.63) is 41.7 Å². The Labute approximate surface area is 116 Å². The molecule has 0 radical (unpaired) electrons. The standard InChI is InChI=1S/C13H8F4N2O2/c14-9-11(10(15)13(17)19-12(9)16)18-6-1-2-7-8(5-6)21-4-3-20-7/h1-2,5H,3-4H2,(H,18,19). The van der Waals surface area contributed by atoms with E-state index in [1.165, 1.54) is 18.2 Å². The SMILES string of the molecule is Fc1nc(F)c(F)c(Nc2ccc3c(c2)OCCO3)c1F. The second-order valence-electron chi connectivity index (χ2n) is 4.18. The fraction of sp³-hybridized carbons (Fsp3) is 0.154. The van der Waals surface area contributed by atoms with Crippen LogP contribution >= 0.6 is 0 Å². The predicted molar refractivity (Wildman–Crippen MR) is 64.8 cm³/mol. The van der Waals surface area contributed by atoms with Crippen LogP contribution in [0.3, 0.4) is 0 Å². The molecule has 1 aromatic carbocycles. The number of nitrogens with one attached hydrogen (secondary N) is 1. The van der Waals surface area contributed by atoms with Crippen molar-refractivity contribution >= 4 is 11.4 Å². The number of anilines is 2. The zero-order chi connectivity index (χ0) is 15.0. The van der Waals surface area contributed by atoms with Gasteiger partial charge in [0, 0.05) is 11.8 Å². The van der Waals surface area contributed by atoms with Gasteiger partial charge in [0.1, 0.15) is 18.9 Å². The molecule has 0 saturated carbocycles. The van der Waals surface area contributed by atoms with Crippen LogP contribution in [-0.4, -0.2) is 18.2 Å². The van der Waals surface area contributed by atoms with Crippen molar-refractivity contribution in [3.63, 3.8) is 0 Å². The fourth-order valence-corrected chi connectivity index (χ4v) is 1.86. The van der Waals surface area contributed by atoms with E-state index in [0.717, 1.165) is 0 Å². The van der Waals surface area contributed by atoms with Crippen molar-refractivity contribution in [3.8, 4) is 11.5 Å². The molecule has 0 amide bonds. The molecule has 0 fully saturated rings. The predicted octanol–water partition coefficient (Wildman–Crippen LogP) is 3.15. The van der Waals surface area contributed by atoms with E-state index in [2.05, 4.69) is 10.3 Å². The molecule has 21 heavy (non-hydrogen) atoms. The summed E-state index contributed by atoms with van der Waals surface area (Å²) in [6, 6.07) is 4.35. The highest BCUT2D eigenvalue weighted by atomic mass is 19.2. The Hall–Kier alpha value is -2.51. The van der Waals surface area contributed by atoms with Gasteiger partial charge in [0.05, 0.1) is 0 Å². The summed E-state index contributed by atoms with van der Waals surface area (Å²) in [6.07, 6.45) is 0. The van der Waals surface area contributed by atoms with Crippen LogP contribution < -0.4 is 14.8 Å². The van der Waals surface area contributed by atoms with Gasteiger partial charge in [-0.3, -0.25) is 0 Å². The van der Waals surface area contributed by atoms with Crippen molar-refractivity contribution in [1.29, 1.82) is 0 Å². The molecular weight excluding hydrogens is 292 g/mol. The number of benzene rings is 1. The molecule has 110 valence electrons. The highest BCUT2D eigenvalue weighted by Gasteiger charge is 2.21. The van der Waals surface area contributed by atoms with Gasteiger partial charge in [-0.25, -0.2) is 0 Å². The normalized spacial score (nSPS) is 13.1. The van der Waals surface area contributed by atoms with Crippen LogP contribution in [0.25, 0.3) is 0 Å². The Balaban J connectivity index is 1.97. The number of hydrogen-bond donors (Lipinski definition) is 1. The fourth-order valence-electron chi connectivity index (χ4n) is 1.86. The number of hydrogen-bond acceptors (Lipinski definition) is 4. The maximum atomic E-state index is 13.5. The quantitative estimate of drug-likeness (QED) is 0.683. The minimum atomic E-state index is -1.73. The highest BCUT2D eigenvalue weighted by Crippen LogP contribution is 2.34. The number of ether oxygens (including phenoxy) is 2. The summed E-state index contributed by atoms with van der Waals surface area (Å²) in [6.45, 7) is 0.724. The van der Waals surface area contributed by atoms with E-state index in [1.54, 1.807) is 0 Å². The third-order valence-corrected chi connectivity index (χ3v) is 2.81.